The van der Waals surface area contributed by atoms with E-state index in [1.54, 1.807) is 11.3 Å². The largest absolute Gasteiger partial charge is 0.413 e. The Hall–Kier alpha value is -0.729. The monoisotopic (exact) mass is 850 g/mol. The molecule has 0 bridgehead atoms. The molecule has 1 heterocycles. The van der Waals surface area contributed by atoms with E-state index in [-0.39, 0.29) is 57.7 Å². The molecular formula is C46H87NO5SSi3. The lowest BCUT2D eigenvalue weighted by molar-refractivity contribution is -0.152. The van der Waals surface area contributed by atoms with E-state index in [0.717, 1.165) is 55.6 Å². The van der Waals surface area contributed by atoms with Crippen LogP contribution in [0.25, 0.3) is 6.08 Å². The summed E-state index contributed by atoms with van der Waals surface area (Å²) in [5.74, 6) is 0.244. The van der Waals surface area contributed by atoms with Crippen molar-refractivity contribution in [2.45, 2.75) is 221 Å². The van der Waals surface area contributed by atoms with Crippen molar-refractivity contribution in [1.82, 2.24) is 4.98 Å². The van der Waals surface area contributed by atoms with Gasteiger partial charge in [-0.15, -0.1) is 11.3 Å². The van der Waals surface area contributed by atoms with Crippen molar-refractivity contribution < 1.29 is 23.2 Å². The normalized spacial score (nSPS) is 19.3. The molecule has 0 radical (unpaired) electrons. The maximum atomic E-state index is 15.0. The average Bonchev–Trinajstić information content (AvgIpc) is 3.42. The Balaban J connectivity index is 2.34. The number of aromatic nitrogens is 1. The summed E-state index contributed by atoms with van der Waals surface area (Å²) < 4.78 is 21.4. The van der Waals surface area contributed by atoms with E-state index >= 15 is 4.79 Å². The van der Waals surface area contributed by atoms with Crippen LogP contribution in [0.3, 0.4) is 0 Å². The molecule has 6 nitrogen and oxygen atoms in total. The zero-order valence-corrected chi connectivity index (χ0v) is 43.7. The molecule has 0 unspecified atom stereocenters. The number of aryl methyl sites for hydroxylation is 1. The maximum absolute atomic E-state index is 15.0. The highest BCUT2D eigenvalue weighted by molar-refractivity contribution is 7.09. The second-order valence-corrected chi connectivity index (χ2v) is 37.4. The molecule has 0 amide bonds. The predicted octanol–water partition coefficient (Wildman–Crippen LogP) is 13.9. The Labute approximate surface area is 352 Å². The Morgan fingerprint density at radius 1 is 0.875 bits per heavy atom. The SMILES string of the molecule is CC(=CC[C@H](O[Si](C)(C)C(C)(C)C)C(C)=Cc1csc(C)n1)CCC[C@H](C)[C@H](O[Si](C)(C)C(C)(C)C)[C@@H](C)C(=O)C1([C@H](CCO)O[Si](C)(C)C(C)(C)C)CCC1. The molecule has 0 saturated heterocycles. The minimum Gasteiger partial charge on any atom is -0.413 e. The van der Waals surface area contributed by atoms with Gasteiger partial charge in [0, 0.05) is 17.9 Å². The van der Waals surface area contributed by atoms with Gasteiger partial charge in [-0.25, -0.2) is 4.98 Å². The van der Waals surface area contributed by atoms with Crippen molar-refractivity contribution in [2.75, 3.05) is 6.61 Å². The Bertz CT molecular complexity index is 1470. The first-order valence-electron chi connectivity index (χ1n) is 21.8. The Morgan fingerprint density at radius 2 is 1.39 bits per heavy atom. The summed E-state index contributed by atoms with van der Waals surface area (Å²) in [5.41, 5.74) is 3.07. The van der Waals surface area contributed by atoms with Gasteiger partial charge in [0.05, 0.1) is 34.4 Å². The first-order valence-corrected chi connectivity index (χ1v) is 31.4. The van der Waals surface area contributed by atoms with Crippen molar-refractivity contribution in [3.05, 3.63) is 33.3 Å². The van der Waals surface area contributed by atoms with Gasteiger partial charge in [-0.05, 0) is 138 Å². The topological polar surface area (TPSA) is 77.9 Å². The molecule has 1 fully saturated rings. The van der Waals surface area contributed by atoms with Gasteiger partial charge in [0.25, 0.3) is 0 Å². The van der Waals surface area contributed by atoms with Crippen LogP contribution < -0.4 is 0 Å². The summed E-state index contributed by atoms with van der Waals surface area (Å²) in [6, 6.07) is 0. The highest BCUT2D eigenvalue weighted by atomic mass is 32.1. The fraction of sp³-hybridized carbons (Fsp3) is 0.826. The van der Waals surface area contributed by atoms with Crippen molar-refractivity contribution >= 4 is 48.1 Å². The van der Waals surface area contributed by atoms with Crippen LogP contribution in [0.5, 0.6) is 0 Å². The summed E-state index contributed by atoms with van der Waals surface area (Å²) in [6.45, 7) is 45.4. The molecule has 0 aromatic carbocycles. The molecule has 2 rings (SSSR count). The molecule has 1 aliphatic rings. The van der Waals surface area contributed by atoms with Crippen LogP contribution in [-0.2, 0) is 18.1 Å². The van der Waals surface area contributed by atoms with Gasteiger partial charge in [0.15, 0.2) is 25.0 Å². The number of hydrogen-bond donors (Lipinski definition) is 1. The van der Waals surface area contributed by atoms with Crippen LogP contribution in [0, 0.1) is 24.2 Å². The second-order valence-electron chi connectivity index (χ2n) is 22.1. The summed E-state index contributed by atoms with van der Waals surface area (Å²) >= 11 is 1.69. The number of nitrogens with zero attached hydrogens (tertiary/aromatic N) is 1. The fourth-order valence-electron chi connectivity index (χ4n) is 7.12. The Morgan fingerprint density at radius 3 is 1.84 bits per heavy atom. The van der Waals surface area contributed by atoms with E-state index in [9.17, 15) is 5.11 Å². The number of carbonyl (C=O) groups is 1. The number of Topliss-reactive ketones (excluding diaryl/α,β-unsaturated/α-hetero) is 1. The summed E-state index contributed by atoms with van der Waals surface area (Å²) in [5, 5.41) is 13.6. The number of thiazole rings is 1. The van der Waals surface area contributed by atoms with Crippen LogP contribution >= 0.6 is 11.3 Å². The molecule has 1 saturated carbocycles. The van der Waals surface area contributed by atoms with Gasteiger partial charge >= 0.3 is 0 Å². The lowest BCUT2D eigenvalue weighted by atomic mass is 9.59. The van der Waals surface area contributed by atoms with E-state index in [1.165, 1.54) is 11.1 Å². The molecule has 10 heteroatoms. The zero-order valence-electron chi connectivity index (χ0n) is 39.9. The molecule has 1 aromatic rings. The van der Waals surface area contributed by atoms with Crippen molar-refractivity contribution in [3.63, 3.8) is 0 Å². The molecule has 1 aliphatic carbocycles. The van der Waals surface area contributed by atoms with Crippen LogP contribution in [0.4, 0.5) is 0 Å². The number of ketones is 1. The van der Waals surface area contributed by atoms with E-state index in [4.69, 9.17) is 18.3 Å². The molecule has 324 valence electrons. The molecule has 1 N–H and O–H groups in total. The minimum absolute atomic E-state index is 0.00936. The highest BCUT2D eigenvalue weighted by Crippen LogP contribution is 2.52. The predicted molar refractivity (Wildman–Crippen MR) is 250 cm³/mol. The summed E-state index contributed by atoms with van der Waals surface area (Å²) in [7, 11) is -6.39. The average molecular weight is 851 g/mol. The number of allylic oxidation sites excluding steroid dienone is 1. The van der Waals surface area contributed by atoms with E-state index in [2.05, 4.69) is 154 Å². The number of rotatable bonds is 21. The molecule has 1 aromatic heterocycles. The number of carbonyl (C=O) groups excluding carboxylic acids is 1. The first kappa shape index (κ1) is 51.4. The van der Waals surface area contributed by atoms with Crippen LogP contribution in [-0.4, -0.2) is 65.7 Å². The standard InChI is InChI=1S/C46H87NO5SSi3/c1-33(25-26-39(50-54(15,16)43(6,7)8)35(3)31-38-32-53-37(5)47-38)23-21-24-34(2)41(52-56(19,20)45(12,13)14)36(4)42(49)46(28-22-29-46)40(27-30-48)51-55(17,18)44(9,10)11/h25,31-32,34,36,39-41,48H,21-24,26-30H2,1-20H3/t34-,36+,39-,40-,41-/m0/s1. The summed E-state index contributed by atoms with van der Waals surface area (Å²) in [4.78, 5) is 19.7. The number of aliphatic hydroxyl groups excluding tert-OH is 1. The zero-order chi connectivity index (χ0) is 43.3. The van der Waals surface area contributed by atoms with Gasteiger partial charge in [-0.1, -0.05) is 94.2 Å². The lowest BCUT2D eigenvalue weighted by Crippen LogP contribution is -2.58. The van der Waals surface area contributed by atoms with Gasteiger partial charge in [0.2, 0.25) is 0 Å². The molecule has 5 atom stereocenters. The molecular weight excluding hydrogens is 763 g/mol. The molecule has 0 aliphatic heterocycles. The van der Waals surface area contributed by atoms with Crippen molar-refractivity contribution in [2.24, 2.45) is 17.3 Å². The van der Waals surface area contributed by atoms with Crippen LogP contribution in [0.1, 0.15) is 152 Å². The quantitative estimate of drug-likeness (QED) is 0.0981. The third-order valence-electron chi connectivity index (χ3n) is 14.4. The minimum atomic E-state index is -2.20. The van der Waals surface area contributed by atoms with E-state index in [1.807, 2.05) is 0 Å². The Kier molecular flexibility index (Phi) is 18.1. The van der Waals surface area contributed by atoms with Crippen LogP contribution in [0.2, 0.25) is 54.4 Å². The smallest absolute Gasteiger partial charge is 0.192 e. The second kappa shape index (κ2) is 19.8. The van der Waals surface area contributed by atoms with Crippen molar-refractivity contribution in [1.29, 1.82) is 0 Å². The van der Waals surface area contributed by atoms with E-state index < -0.39 is 30.4 Å². The highest BCUT2D eigenvalue weighted by Gasteiger charge is 2.56. The first-order chi connectivity index (χ1) is 25.3. The molecule has 0 spiro atoms. The van der Waals surface area contributed by atoms with Gasteiger partial charge in [-0.3, -0.25) is 4.79 Å². The van der Waals surface area contributed by atoms with Gasteiger partial charge in [-0.2, -0.15) is 0 Å². The van der Waals surface area contributed by atoms with Gasteiger partial charge in [0.1, 0.15) is 5.78 Å². The maximum Gasteiger partial charge on any atom is 0.192 e. The van der Waals surface area contributed by atoms with Gasteiger partial charge < -0.3 is 18.4 Å². The number of aliphatic hydroxyl groups is 1. The third-order valence-corrected chi connectivity index (χ3v) is 28.6. The lowest BCUT2D eigenvalue weighted by Gasteiger charge is -2.52. The summed E-state index contributed by atoms with van der Waals surface area (Å²) in [6.07, 6.45) is 11.2. The van der Waals surface area contributed by atoms with Crippen molar-refractivity contribution in [3.8, 4) is 0 Å². The fourth-order valence-corrected chi connectivity index (χ4v) is 11.9. The molecule has 56 heavy (non-hydrogen) atoms. The third kappa shape index (κ3) is 13.4. The van der Waals surface area contributed by atoms with Crippen LogP contribution in [0.15, 0.2) is 22.6 Å². The van der Waals surface area contributed by atoms with E-state index in [0.29, 0.717) is 6.42 Å². The number of hydrogen-bond acceptors (Lipinski definition) is 7.